The van der Waals surface area contributed by atoms with Crippen molar-refractivity contribution in [2.24, 2.45) is 0 Å². The number of anilines is 1. The molecule has 39 heavy (non-hydrogen) atoms. The first-order chi connectivity index (χ1) is 18.2. The standard InChI is InChI=1S/C25H27F6N5O2S/c26-20-14-19(39(27,28,29,30)31)10-11-21(20)36(25(38)22-9-5-13-35(22)16-32)23(17-6-4-12-33-15-17)24(37)34-18-7-2-1-3-8-18/h4,6,10-12,14-15,18,22-23H,1-3,5,7-9,13H2,(H,34,37). The third-order valence-electron chi connectivity index (χ3n) is 6.99. The highest BCUT2D eigenvalue weighted by atomic mass is 32.5. The Balaban J connectivity index is 1.85. The molecule has 2 heterocycles. The second-order valence-corrected chi connectivity index (χ2v) is 12.2. The number of nitrogens with zero attached hydrogens (tertiary/aromatic N) is 4. The minimum atomic E-state index is -10.2. The highest BCUT2D eigenvalue weighted by molar-refractivity contribution is 8.45. The molecule has 2 aliphatic rings. The van der Waals surface area contributed by atoms with Gasteiger partial charge in [0, 0.05) is 30.5 Å². The predicted octanol–water partition coefficient (Wildman–Crippen LogP) is 6.35. The van der Waals surface area contributed by atoms with E-state index in [2.05, 4.69) is 10.3 Å². The van der Waals surface area contributed by atoms with Crippen LogP contribution in [0.5, 0.6) is 0 Å². The molecule has 0 radical (unpaired) electrons. The number of nitrogens with one attached hydrogen (secondary N) is 1. The Hall–Kier alpha value is -3.47. The maximum absolute atomic E-state index is 15.4. The van der Waals surface area contributed by atoms with E-state index >= 15 is 4.39 Å². The minimum Gasteiger partial charge on any atom is -0.351 e. The van der Waals surface area contributed by atoms with Gasteiger partial charge in [0.05, 0.1) is 5.69 Å². The Labute approximate surface area is 221 Å². The van der Waals surface area contributed by atoms with Crippen molar-refractivity contribution in [2.75, 3.05) is 11.4 Å². The fourth-order valence-corrected chi connectivity index (χ4v) is 5.75. The van der Waals surface area contributed by atoms with Crippen LogP contribution in [0.25, 0.3) is 0 Å². The second kappa shape index (κ2) is 9.93. The number of aromatic nitrogens is 1. The Morgan fingerprint density at radius 1 is 1.08 bits per heavy atom. The van der Waals surface area contributed by atoms with Gasteiger partial charge in [-0.15, -0.1) is 0 Å². The fourth-order valence-electron chi connectivity index (χ4n) is 5.09. The van der Waals surface area contributed by atoms with Crippen molar-refractivity contribution in [3.05, 3.63) is 54.1 Å². The van der Waals surface area contributed by atoms with Gasteiger partial charge in [0.15, 0.2) is 6.19 Å². The zero-order chi connectivity index (χ0) is 28.5. The van der Waals surface area contributed by atoms with E-state index in [0.29, 0.717) is 30.2 Å². The van der Waals surface area contributed by atoms with Crippen LogP contribution in [0, 0.1) is 17.3 Å². The molecule has 2 amide bonds. The smallest absolute Gasteiger partial charge is 0.310 e. The van der Waals surface area contributed by atoms with E-state index in [1.807, 2.05) is 6.19 Å². The van der Waals surface area contributed by atoms with Crippen LogP contribution in [0.2, 0.25) is 0 Å². The summed E-state index contributed by atoms with van der Waals surface area (Å²) in [6.45, 7) is 0.207. The van der Waals surface area contributed by atoms with Crippen molar-refractivity contribution in [2.45, 2.75) is 68.0 Å². The largest absolute Gasteiger partial charge is 0.351 e. The number of pyridine rings is 1. The molecule has 2 aromatic rings. The lowest BCUT2D eigenvalue weighted by Gasteiger charge is -2.41. The van der Waals surface area contributed by atoms with E-state index in [4.69, 9.17) is 0 Å². The first-order valence-corrected chi connectivity index (χ1v) is 14.4. The zero-order valence-electron chi connectivity index (χ0n) is 20.7. The molecule has 7 nitrogen and oxygen atoms in total. The van der Waals surface area contributed by atoms with Gasteiger partial charge in [-0.3, -0.25) is 24.4 Å². The van der Waals surface area contributed by atoms with Crippen LogP contribution in [0.4, 0.5) is 29.5 Å². The summed E-state index contributed by atoms with van der Waals surface area (Å²) >= 11 is 0. The van der Waals surface area contributed by atoms with Crippen molar-refractivity contribution in [3.63, 3.8) is 0 Å². The Morgan fingerprint density at radius 3 is 2.38 bits per heavy atom. The molecule has 212 valence electrons. The molecule has 1 aromatic heterocycles. The van der Waals surface area contributed by atoms with Crippen LogP contribution in [-0.4, -0.2) is 40.3 Å². The molecule has 1 N–H and O–H groups in total. The molecule has 2 unspecified atom stereocenters. The maximum atomic E-state index is 15.4. The molecule has 1 aliphatic carbocycles. The number of amides is 2. The van der Waals surface area contributed by atoms with Gasteiger partial charge in [0.2, 0.25) is 5.91 Å². The summed E-state index contributed by atoms with van der Waals surface area (Å²) in [7, 11) is -10.2. The maximum Gasteiger partial charge on any atom is 0.310 e. The van der Waals surface area contributed by atoms with Crippen molar-refractivity contribution < 1.29 is 33.4 Å². The van der Waals surface area contributed by atoms with E-state index in [1.54, 1.807) is 0 Å². The monoisotopic (exact) mass is 575 g/mol. The lowest BCUT2D eigenvalue weighted by Crippen LogP contribution is -2.52. The molecule has 0 bridgehead atoms. The third-order valence-corrected chi connectivity index (χ3v) is 8.13. The fraction of sp³-hybridized carbons (Fsp3) is 0.440. The molecule has 1 aromatic carbocycles. The van der Waals surface area contributed by atoms with Gasteiger partial charge in [-0.25, -0.2) is 4.39 Å². The van der Waals surface area contributed by atoms with Crippen molar-refractivity contribution in [1.29, 1.82) is 5.26 Å². The number of halogens is 6. The summed E-state index contributed by atoms with van der Waals surface area (Å²) in [6, 6.07) is -0.0298. The van der Waals surface area contributed by atoms with E-state index in [0.717, 1.165) is 24.2 Å². The molecule has 0 spiro atoms. The van der Waals surface area contributed by atoms with Crippen molar-refractivity contribution in [1.82, 2.24) is 15.2 Å². The van der Waals surface area contributed by atoms with Crippen LogP contribution < -0.4 is 10.2 Å². The number of hydrogen-bond acceptors (Lipinski definition) is 5. The van der Waals surface area contributed by atoms with Crippen LogP contribution in [0.1, 0.15) is 56.6 Å². The second-order valence-electron chi connectivity index (χ2n) is 9.77. The van der Waals surface area contributed by atoms with Gasteiger partial charge in [-0.2, -0.15) is 5.26 Å². The Bertz CT molecular complexity index is 1280. The van der Waals surface area contributed by atoms with E-state index in [-0.39, 0.29) is 36.7 Å². The summed E-state index contributed by atoms with van der Waals surface area (Å²) < 4.78 is 82.4. The van der Waals surface area contributed by atoms with Gasteiger partial charge in [-0.1, -0.05) is 44.8 Å². The summed E-state index contributed by atoms with van der Waals surface area (Å²) in [5.74, 6) is -3.43. The molecule has 1 saturated carbocycles. The first kappa shape index (κ1) is 28.5. The number of carbonyl (C=O) groups excluding carboxylic acids is 2. The SMILES string of the molecule is N#CN1CCCC1C(=O)N(c1ccc(S(F)(F)(F)(F)F)cc1F)C(C(=O)NC1CCCCC1)c1cccnc1. The average molecular weight is 576 g/mol. The van der Waals surface area contributed by atoms with Crippen LogP contribution in [0.15, 0.2) is 47.6 Å². The summed E-state index contributed by atoms with van der Waals surface area (Å²) in [6.07, 6.45) is 9.13. The van der Waals surface area contributed by atoms with Gasteiger partial charge in [-0.05, 0) is 49.9 Å². The zero-order valence-corrected chi connectivity index (χ0v) is 21.5. The molecular weight excluding hydrogens is 548 g/mol. The molecule has 4 rings (SSSR count). The summed E-state index contributed by atoms with van der Waals surface area (Å²) in [5, 5.41) is 12.3. The highest BCUT2D eigenvalue weighted by Crippen LogP contribution is 3.02. The summed E-state index contributed by atoms with van der Waals surface area (Å²) in [4.78, 5) is 30.9. The van der Waals surface area contributed by atoms with Crippen molar-refractivity contribution in [3.8, 4) is 6.19 Å². The number of benzene rings is 1. The Morgan fingerprint density at radius 2 is 1.79 bits per heavy atom. The number of carbonyl (C=O) groups is 2. The minimum absolute atomic E-state index is 0.00367. The first-order valence-electron chi connectivity index (χ1n) is 12.4. The van der Waals surface area contributed by atoms with Crippen molar-refractivity contribution >= 4 is 27.7 Å². The van der Waals surface area contributed by atoms with E-state index in [1.165, 1.54) is 24.5 Å². The van der Waals surface area contributed by atoms with Crippen LogP contribution in [-0.2, 0) is 9.59 Å². The quantitative estimate of drug-likeness (QED) is 0.307. The van der Waals surface area contributed by atoms with Gasteiger partial charge >= 0.3 is 10.2 Å². The molecule has 14 heteroatoms. The summed E-state index contributed by atoms with van der Waals surface area (Å²) in [5.41, 5.74) is -0.681. The topological polar surface area (TPSA) is 89.3 Å². The van der Waals surface area contributed by atoms with E-state index < -0.39 is 50.5 Å². The lowest BCUT2D eigenvalue weighted by atomic mass is 9.94. The number of rotatable bonds is 7. The van der Waals surface area contributed by atoms with Crippen LogP contribution in [0.3, 0.4) is 0 Å². The number of hydrogen-bond donors (Lipinski definition) is 1. The Kier molecular flexibility index (Phi) is 7.26. The van der Waals surface area contributed by atoms with Crippen LogP contribution >= 0.6 is 10.2 Å². The molecule has 1 aliphatic heterocycles. The molecular formula is C25H27F6N5O2S. The predicted molar refractivity (Wildman–Crippen MR) is 133 cm³/mol. The number of nitriles is 1. The molecule has 2 fully saturated rings. The molecule has 2 atom stereocenters. The van der Waals surface area contributed by atoms with Gasteiger partial charge in [0.25, 0.3) is 5.91 Å². The van der Waals surface area contributed by atoms with E-state index in [9.17, 15) is 34.3 Å². The molecule has 1 saturated heterocycles. The third kappa shape index (κ3) is 6.41. The lowest BCUT2D eigenvalue weighted by molar-refractivity contribution is -0.128. The number of likely N-dealkylation sites (tertiary alicyclic amines) is 1. The average Bonchev–Trinajstić information content (AvgIpc) is 3.36. The highest BCUT2D eigenvalue weighted by Gasteiger charge is 2.65. The van der Waals surface area contributed by atoms with Gasteiger partial charge < -0.3 is 5.32 Å². The van der Waals surface area contributed by atoms with Gasteiger partial charge in [0.1, 0.15) is 22.8 Å². The normalized spacial score (nSPS) is 20.8.